The number of aryl methyl sites for hydroxylation is 2. The van der Waals surface area contributed by atoms with E-state index in [4.69, 9.17) is 9.97 Å². The first-order valence-corrected chi connectivity index (χ1v) is 19.4. The minimum absolute atomic E-state index is 1.01. The van der Waals surface area contributed by atoms with Crippen LogP contribution in [0.1, 0.15) is 60.7 Å². The van der Waals surface area contributed by atoms with Crippen molar-refractivity contribution in [2.45, 2.75) is 52.6 Å². The predicted molar refractivity (Wildman–Crippen MR) is 219 cm³/mol. The first kappa shape index (κ1) is 31.0. The maximum atomic E-state index is 4.83. The van der Waals surface area contributed by atoms with Crippen LogP contribution < -0.4 is 0 Å². The van der Waals surface area contributed by atoms with Crippen LogP contribution >= 0.6 is 22.7 Å². The van der Waals surface area contributed by atoms with Crippen molar-refractivity contribution >= 4 is 111 Å². The van der Waals surface area contributed by atoms with Gasteiger partial charge in [0, 0.05) is 56.7 Å². The number of fused-ring (bicyclic) bond motifs is 8. The number of nitrogens with zero attached hydrogens (tertiary/aromatic N) is 4. The van der Waals surface area contributed by atoms with Crippen LogP contribution in [0.25, 0.3) is 88.3 Å². The standard InChI is InChI=1S/C44H38N4S2/c1-3-5-23-47-37-19-15-29(17-21-43-45-35-11-7-9-13-41(35)49-43)25-31(37)33-28-40-34(27-39(33)47)32-26-30(16-20-38(32)48(40)24-6-4-2)18-22-44-46-36-12-8-10-14-42(36)50-44/h7-22,25-28H,3-6,23-24H2,1-2H3/b21-17+,22-18+. The lowest BCUT2D eigenvalue weighted by molar-refractivity contribution is 0.663. The molecule has 0 atom stereocenters. The summed E-state index contributed by atoms with van der Waals surface area (Å²) in [7, 11) is 0. The number of unbranched alkanes of at least 4 members (excludes halogenated alkanes) is 2. The second-order valence-electron chi connectivity index (χ2n) is 13.2. The number of para-hydroxylation sites is 2. The Morgan fingerprint density at radius 1 is 0.500 bits per heavy atom. The average Bonchev–Trinajstić information content (AvgIpc) is 3.91. The van der Waals surface area contributed by atoms with E-state index in [0.717, 1.165) is 59.8 Å². The number of benzene rings is 5. The molecule has 5 aromatic carbocycles. The Kier molecular flexibility index (Phi) is 8.06. The average molecular weight is 687 g/mol. The third kappa shape index (κ3) is 5.53. The van der Waals surface area contributed by atoms with Gasteiger partial charge in [-0.2, -0.15) is 0 Å². The van der Waals surface area contributed by atoms with Crippen molar-refractivity contribution in [3.05, 3.63) is 118 Å². The van der Waals surface area contributed by atoms with Gasteiger partial charge in [-0.25, -0.2) is 9.97 Å². The molecule has 50 heavy (non-hydrogen) atoms. The Balaban J connectivity index is 1.18. The van der Waals surface area contributed by atoms with Gasteiger partial charge in [0.2, 0.25) is 0 Å². The van der Waals surface area contributed by atoms with E-state index in [-0.39, 0.29) is 0 Å². The number of rotatable bonds is 10. The first-order valence-electron chi connectivity index (χ1n) is 17.8. The molecule has 0 saturated heterocycles. The lowest BCUT2D eigenvalue weighted by Crippen LogP contribution is -1.98. The molecule has 0 aliphatic carbocycles. The summed E-state index contributed by atoms with van der Waals surface area (Å²) < 4.78 is 7.56. The van der Waals surface area contributed by atoms with Gasteiger partial charge >= 0.3 is 0 Å². The molecular formula is C44H38N4S2. The summed E-state index contributed by atoms with van der Waals surface area (Å²) in [5.74, 6) is 0. The van der Waals surface area contributed by atoms with E-state index in [9.17, 15) is 0 Å². The fourth-order valence-corrected chi connectivity index (χ4v) is 9.04. The van der Waals surface area contributed by atoms with Gasteiger partial charge in [0.1, 0.15) is 10.0 Å². The molecule has 9 rings (SSSR count). The van der Waals surface area contributed by atoms with Crippen LogP contribution in [0, 0.1) is 0 Å². The second kappa shape index (κ2) is 13.0. The van der Waals surface area contributed by atoms with Crippen molar-refractivity contribution in [3.8, 4) is 0 Å². The van der Waals surface area contributed by atoms with Gasteiger partial charge in [-0.1, -0.05) is 75.2 Å². The fraction of sp³-hybridized carbons (Fsp3) is 0.182. The summed E-state index contributed by atoms with van der Waals surface area (Å²) >= 11 is 3.48. The highest BCUT2D eigenvalue weighted by Gasteiger charge is 2.17. The lowest BCUT2D eigenvalue weighted by Gasteiger charge is -2.08. The van der Waals surface area contributed by atoms with Gasteiger partial charge in [-0.3, -0.25) is 0 Å². The van der Waals surface area contributed by atoms with Crippen LogP contribution in [-0.2, 0) is 13.1 Å². The highest BCUT2D eigenvalue weighted by Crippen LogP contribution is 2.38. The molecule has 4 aromatic heterocycles. The third-order valence-electron chi connectivity index (χ3n) is 9.83. The molecule has 4 heterocycles. The Morgan fingerprint density at radius 3 is 1.38 bits per heavy atom. The highest BCUT2D eigenvalue weighted by molar-refractivity contribution is 7.19. The van der Waals surface area contributed by atoms with Crippen LogP contribution in [0.15, 0.2) is 97.1 Å². The number of hydrogen-bond acceptors (Lipinski definition) is 4. The van der Waals surface area contributed by atoms with E-state index in [0.29, 0.717) is 0 Å². The Hall–Kier alpha value is -5.04. The van der Waals surface area contributed by atoms with Crippen LogP contribution in [-0.4, -0.2) is 19.1 Å². The molecule has 0 spiro atoms. The molecule has 0 aliphatic heterocycles. The molecule has 0 amide bonds. The van der Waals surface area contributed by atoms with Crippen molar-refractivity contribution in [1.82, 2.24) is 19.1 Å². The third-order valence-corrected chi connectivity index (χ3v) is 11.8. The molecule has 6 heteroatoms. The maximum absolute atomic E-state index is 4.83. The molecule has 0 saturated carbocycles. The number of hydrogen-bond donors (Lipinski definition) is 0. The van der Waals surface area contributed by atoms with E-state index in [1.54, 1.807) is 22.7 Å². The fourth-order valence-electron chi connectivity index (χ4n) is 7.30. The largest absolute Gasteiger partial charge is 0.340 e. The summed E-state index contributed by atoms with van der Waals surface area (Å²) in [5, 5.41) is 7.36. The van der Waals surface area contributed by atoms with Gasteiger partial charge in [-0.05, 0) is 96.8 Å². The molecule has 246 valence electrons. The summed E-state index contributed by atoms with van der Waals surface area (Å²) in [6, 6.07) is 35.6. The Labute approximate surface area is 299 Å². The minimum atomic E-state index is 1.01. The van der Waals surface area contributed by atoms with Gasteiger partial charge in [0.15, 0.2) is 0 Å². The second-order valence-corrected chi connectivity index (χ2v) is 15.3. The Bertz CT molecular complexity index is 2490. The molecule has 0 radical (unpaired) electrons. The summed E-state index contributed by atoms with van der Waals surface area (Å²) in [6.45, 7) is 6.57. The summed E-state index contributed by atoms with van der Waals surface area (Å²) in [6.07, 6.45) is 13.4. The van der Waals surface area contributed by atoms with E-state index >= 15 is 0 Å². The monoisotopic (exact) mass is 686 g/mol. The zero-order chi connectivity index (χ0) is 33.6. The molecule has 0 fully saturated rings. The van der Waals surface area contributed by atoms with Gasteiger partial charge in [0.05, 0.1) is 20.4 Å². The van der Waals surface area contributed by atoms with Crippen LogP contribution in [0.3, 0.4) is 0 Å². The van der Waals surface area contributed by atoms with Crippen molar-refractivity contribution in [1.29, 1.82) is 0 Å². The van der Waals surface area contributed by atoms with Gasteiger partial charge in [0.25, 0.3) is 0 Å². The number of aromatic nitrogens is 4. The zero-order valence-electron chi connectivity index (χ0n) is 28.4. The van der Waals surface area contributed by atoms with Gasteiger partial charge < -0.3 is 9.13 Å². The van der Waals surface area contributed by atoms with Crippen LogP contribution in [0.5, 0.6) is 0 Å². The molecular weight excluding hydrogens is 649 g/mol. The van der Waals surface area contributed by atoms with E-state index in [2.05, 4.69) is 144 Å². The smallest absolute Gasteiger partial charge is 0.117 e. The van der Waals surface area contributed by atoms with E-state index < -0.39 is 0 Å². The molecule has 0 N–H and O–H groups in total. The predicted octanol–water partition coefficient (Wildman–Crippen LogP) is 13.1. The van der Waals surface area contributed by atoms with Crippen molar-refractivity contribution < 1.29 is 0 Å². The first-order chi connectivity index (χ1) is 24.7. The maximum Gasteiger partial charge on any atom is 0.117 e. The lowest BCUT2D eigenvalue weighted by atomic mass is 10.1. The quantitative estimate of drug-likeness (QED) is 0.144. The summed E-state index contributed by atoms with van der Waals surface area (Å²) in [5.41, 5.74) is 9.77. The molecule has 0 unspecified atom stereocenters. The highest BCUT2D eigenvalue weighted by atomic mass is 32.1. The molecule has 0 aliphatic rings. The SMILES string of the molecule is CCCCn1c2ccc(/C=C/c3nc4ccccc4s3)cc2c2cc3c(cc21)c1cc(/C=C/c2nc4ccccc4s2)ccc1n3CCCC. The number of thiazole rings is 2. The van der Waals surface area contributed by atoms with Crippen molar-refractivity contribution in [3.63, 3.8) is 0 Å². The zero-order valence-corrected chi connectivity index (χ0v) is 30.0. The van der Waals surface area contributed by atoms with E-state index in [1.165, 1.54) is 64.1 Å². The minimum Gasteiger partial charge on any atom is -0.340 e. The van der Waals surface area contributed by atoms with E-state index in [1.807, 2.05) is 0 Å². The summed E-state index contributed by atoms with van der Waals surface area (Å²) in [4.78, 5) is 9.65. The van der Waals surface area contributed by atoms with Crippen molar-refractivity contribution in [2.75, 3.05) is 0 Å². The topological polar surface area (TPSA) is 35.6 Å². The Morgan fingerprint density at radius 2 is 0.940 bits per heavy atom. The molecule has 9 aromatic rings. The van der Waals surface area contributed by atoms with Crippen LogP contribution in [0.4, 0.5) is 0 Å². The molecule has 0 bridgehead atoms. The van der Waals surface area contributed by atoms with Crippen LogP contribution in [0.2, 0.25) is 0 Å². The van der Waals surface area contributed by atoms with Gasteiger partial charge in [-0.15, -0.1) is 22.7 Å². The molecule has 4 nitrogen and oxygen atoms in total. The van der Waals surface area contributed by atoms with Crippen molar-refractivity contribution in [2.24, 2.45) is 0 Å². The normalized spacial score (nSPS) is 12.5.